The topological polar surface area (TPSA) is 72.7 Å². The minimum Gasteiger partial charge on any atom is -0.336 e. The van der Waals surface area contributed by atoms with Crippen LogP contribution in [0.1, 0.15) is 77.2 Å². The Bertz CT molecular complexity index is 804. The summed E-state index contributed by atoms with van der Waals surface area (Å²) < 4.78 is 2.95. The lowest BCUT2D eigenvalue weighted by atomic mass is 10.1. The molecule has 0 spiro atoms. The molecule has 6 nitrogen and oxygen atoms in total. The number of aromatic nitrogens is 4. The average molecular weight is 304 g/mol. The van der Waals surface area contributed by atoms with Crippen molar-refractivity contribution in [3.63, 3.8) is 0 Å². The molecule has 22 heavy (non-hydrogen) atoms. The zero-order chi connectivity index (χ0) is 16.0. The molecule has 6 heteroatoms. The van der Waals surface area contributed by atoms with E-state index in [1.807, 2.05) is 27.7 Å². The molecule has 1 saturated carbocycles. The van der Waals surface area contributed by atoms with Gasteiger partial charge in [0.05, 0.1) is 0 Å². The number of H-pyrrole nitrogens is 1. The quantitative estimate of drug-likeness (QED) is 0.947. The van der Waals surface area contributed by atoms with E-state index >= 15 is 0 Å². The number of imidazole rings is 1. The maximum Gasteiger partial charge on any atom is 0.333 e. The highest BCUT2D eigenvalue weighted by atomic mass is 16.2. The van der Waals surface area contributed by atoms with E-state index in [0.29, 0.717) is 17.1 Å². The summed E-state index contributed by atoms with van der Waals surface area (Å²) in [5.41, 5.74) is 0.434. The maximum atomic E-state index is 12.7. The van der Waals surface area contributed by atoms with Crippen LogP contribution < -0.4 is 11.2 Å². The SMILES string of the molecule is CC(C)n1c(=O)c2[nH]c(C3CCCC3)nc2n(C(C)C)c1=O. The standard InChI is InChI=1S/C16H24N4O2/c1-9(2)19-14-12(15(21)20(10(3)4)16(19)22)17-13(18-14)11-7-5-6-8-11/h9-11H,5-8H2,1-4H3,(H,17,18). The molecule has 2 aromatic rings. The van der Waals surface area contributed by atoms with E-state index in [0.717, 1.165) is 18.7 Å². The predicted octanol–water partition coefficient (Wildman–Crippen LogP) is 2.71. The van der Waals surface area contributed by atoms with Crippen LogP contribution >= 0.6 is 0 Å². The number of nitrogens with zero attached hydrogens (tertiary/aromatic N) is 3. The fourth-order valence-corrected chi connectivity index (χ4v) is 3.43. The van der Waals surface area contributed by atoms with Crippen LogP contribution in [0.5, 0.6) is 0 Å². The van der Waals surface area contributed by atoms with Crippen LogP contribution in [-0.4, -0.2) is 19.1 Å². The van der Waals surface area contributed by atoms with Gasteiger partial charge >= 0.3 is 5.69 Å². The van der Waals surface area contributed by atoms with Crippen molar-refractivity contribution >= 4 is 11.2 Å². The zero-order valence-corrected chi connectivity index (χ0v) is 13.7. The van der Waals surface area contributed by atoms with E-state index in [2.05, 4.69) is 9.97 Å². The van der Waals surface area contributed by atoms with Gasteiger partial charge in [-0.1, -0.05) is 12.8 Å². The molecule has 120 valence electrons. The molecule has 0 amide bonds. The van der Waals surface area contributed by atoms with Crippen LogP contribution in [0.3, 0.4) is 0 Å². The molecule has 2 heterocycles. The van der Waals surface area contributed by atoms with Gasteiger partial charge in [0.25, 0.3) is 5.56 Å². The first-order valence-corrected chi connectivity index (χ1v) is 8.18. The monoisotopic (exact) mass is 304 g/mol. The van der Waals surface area contributed by atoms with E-state index in [4.69, 9.17) is 0 Å². The second-order valence-corrected chi connectivity index (χ2v) is 6.82. The van der Waals surface area contributed by atoms with Gasteiger partial charge in [-0.15, -0.1) is 0 Å². The van der Waals surface area contributed by atoms with Crippen LogP contribution in [0, 0.1) is 0 Å². The largest absolute Gasteiger partial charge is 0.336 e. The van der Waals surface area contributed by atoms with Crippen molar-refractivity contribution in [3.8, 4) is 0 Å². The molecule has 0 unspecified atom stereocenters. The molecular weight excluding hydrogens is 280 g/mol. The molecule has 1 aliphatic rings. The van der Waals surface area contributed by atoms with Crippen molar-refractivity contribution in [3.05, 3.63) is 26.7 Å². The lowest BCUT2D eigenvalue weighted by molar-refractivity contribution is 0.486. The van der Waals surface area contributed by atoms with Crippen LogP contribution in [-0.2, 0) is 0 Å². The van der Waals surface area contributed by atoms with Crippen LogP contribution in [0.25, 0.3) is 11.2 Å². The van der Waals surface area contributed by atoms with Crippen LogP contribution in [0.4, 0.5) is 0 Å². The minimum atomic E-state index is -0.271. The van der Waals surface area contributed by atoms with Gasteiger partial charge < -0.3 is 4.98 Å². The highest BCUT2D eigenvalue weighted by molar-refractivity contribution is 5.70. The Kier molecular flexibility index (Phi) is 3.70. The van der Waals surface area contributed by atoms with Crippen molar-refractivity contribution in [1.29, 1.82) is 0 Å². The van der Waals surface area contributed by atoms with E-state index < -0.39 is 0 Å². The number of rotatable bonds is 3. The first kappa shape index (κ1) is 15.1. The van der Waals surface area contributed by atoms with Crippen molar-refractivity contribution < 1.29 is 0 Å². The van der Waals surface area contributed by atoms with E-state index in [1.165, 1.54) is 17.4 Å². The number of hydrogen-bond donors (Lipinski definition) is 1. The highest BCUT2D eigenvalue weighted by Gasteiger charge is 2.24. The van der Waals surface area contributed by atoms with Gasteiger partial charge in [-0.3, -0.25) is 13.9 Å². The summed E-state index contributed by atoms with van der Waals surface area (Å²) in [7, 11) is 0. The van der Waals surface area contributed by atoms with Crippen molar-refractivity contribution in [2.24, 2.45) is 0 Å². The fraction of sp³-hybridized carbons (Fsp3) is 0.688. The van der Waals surface area contributed by atoms with E-state index in [9.17, 15) is 9.59 Å². The lowest BCUT2D eigenvalue weighted by Gasteiger charge is -2.15. The average Bonchev–Trinajstić information content (AvgIpc) is 3.06. The number of fused-ring (bicyclic) bond motifs is 1. The van der Waals surface area contributed by atoms with Gasteiger partial charge in [-0.2, -0.15) is 0 Å². The summed E-state index contributed by atoms with van der Waals surface area (Å²) >= 11 is 0. The van der Waals surface area contributed by atoms with Crippen molar-refractivity contribution in [1.82, 2.24) is 19.1 Å². The summed E-state index contributed by atoms with van der Waals surface area (Å²) in [6, 6.07) is -0.215. The first-order valence-electron chi connectivity index (χ1n) is 8.18. The number of hydrogen-bond acceptors (Lipinski definition) is 3. The van der Waals surface area contributed by atoms with Crippen LogP contribution in [0.15, 0.2) is 9.59 Å². The first-order chi connectivity index (χ1) is 10.4. The normalized spacial score (nSPS) is 16.5. The molecule has 0 aliphatic heterocycles. The number of nitrogens with one attached hydrogen (secondary N) is 1. The van der Waals surface area contributed by atoms with Gasteiger partial charge in [0.1, 0.15) is 11.3 Å². The summed E-state index contributed by atoms with van der Waals surface area (Å²) in [6.07, 6.45) is 4.61. The Morgan fingerprint density at radius 3 is 2.18 bits per heavy atom. The van der Waals surface area contributed by atoms with Crippen LogP contribution in [0.2, 0.25) is 0 Å². The zero-order valence-electron chi connectivity index (χ0n) is 13.7. The smallest absolute Gasteiger partial charge is 0.333 e. The minimum absolute atomic E-state index is 0.0414. The van der Waals surface area contributed by atoms with Gasteiger partial charge in [-0.25, -0.2) is 9.78 Å². The second kappa shape index (κ2) is 5.41. The van der Waals surface area contributed by atoms with Crippen molar-refractivity contribution in [2.75, 3.05) is 0 Å². The molecule has 3 rings (SSSR count). The molecule has 0 saturated heterocycles. The van der Waals surface area contributed by atoms with E-state index in [-0.39, 0.29) is 23.3 Å². The fourth-order valence-electron chi connectivity index (χ4n) is 3.43. The van der Waals surface area contributed by atoms with Gasteiger partial charge in [0.2, 0.25) is 0 Å². The molecule has 1 fully saturated rings. The molecule has 2 aromatic heterocycles. The number of aromatic amines is 1. The summed E-state index contributed by atoms with van der Waals surface area (Å²) in [4.78, 5) is 33.2. The summed E-state index contributed by atoms with van der Waals surface area (Å²) in [5, 5.41) is 0. The molecular formula is C16H24N4O2. The third-order valence-electron chi connectivity index (χ3n) is 4.55. The van der Waals surface area contributed by atoms with Gasteiger partial charge in [0, 0.05) is 18.0 Å². The maximum absolute atomic E-state index is 12.7. The molecule has 0 atom stereocenters. The van der Waals surface area contributed by atoms with Gasteiger partial charge in [0.15, 0.2) is 5.65 Å². The Morgan fingerprint density at radius 2 is 1.64 bits per heavy atom. The molecule has 1 N–H and O–H groups in total. The molecule has 0 radical (unpaired) electrons. The third-order valence-corrected chi connectivity index (χ3v) is 4.55. The van der Waals surface area contributed by atoms with Gasteiger partial charge in [-0.05, 0) is 40.5 Å². The summed E-state index contributed by atoms with van der Waals surface area (Å²) in [5.74, 6) is 1.25. The lowest BCUT2D eigenvalue weighted by Crippen LogP contribution is -2.41. The Morgan fingerprint density at radius 1 is 1.05 bits per heavy atom. The van der Waals surface area contributed by atoms with E-state index in [1.54, 1.807) is 4.57 Å². The summed E-state index contributed by atoms with van der Waals surface area (Å²) in [6.45, 7) is 7.60. The third kappa shape index (κ3) is 2.21. The van der Waals surface area contributed by atoms with Crippen molar-refractivity contribution in [2.45, 2.75) is 71.4 Å². The molecule has 1 aliphatic carbocycles. The Labute approximate surface area is 129 Å². The molecule has 0 bridgehead atoms. The molecule has 0 aromatic carbocycles. The predicted molar refractivity (Wildman–Crippen MR) is 86.6 cm³/mol. The Balaban J connectivity index is 2.34. The Hall–Kier alpha value is -1.85. The highest BCUT2D eigenvalue weighted by Crippen LogP contribution is 2.33. The second-order valence-electron chi connectivity index (χ2n) is 6.82.